The van der Waals surface area contributed by atoms with Crippen molar-refractivity contribution in [2.24, 2.45) is 0 Å². The molecule has 0 aromatic heterocycles. The monoisotopic (exact) mass is 415 g/mol. The molecule has 0 saturated carbocycles. The second kappa shape index (κ2) is 9.02. The summed E-state index contributed by atoms with van der Waals surface area (Å²) in [5.74, 6) is -4.02. The molecule has 4 nitrogen and oxygen atoms in total. The van der Waals surface area contributed by atoms with Crippen molar-refractivity contribution in [3.8, 4) is 0 Å². The Morgan fingerprint density at radius 1 is 0.862 bits per heavy atom. The molecule has 156 valence electrons. The van der Waals surface area contributed by atoms with Gasteiger partial charge < -0.3 is 9.64 Å². The highest BCUT2D eigenvalue weighted by molar-refractivity contribution is 6.32. The number of carbonyl (C=O) groups excluding carboxylic acids is 2. The van der Waals surface area contributed by atoms with Gasteiger partial charge in [-0.1, -0.05) is 24.3 Å². The lowest BCUT2D eigenvalue weighted by atomic mass is 10.0. The topological polar surface area (TPSA) is 46.6 Å². The summed E-state index contributed by atoms with van der Waals surface area (Å²) in [5.41, 5.74) is 0.884. The molecule has 1 amide bonds. The van der Waals surface area contributed by atoms with Crippen molar-refractivity contribution < 1.29 is 36.3 Å². The molecule has 0 bridgehead atoms. The van der Waals surface area contributed by atoms with Crippen molar-refractivity contribution in [3.05, 3.63) is 71.3 Å². The van der Waals surface area contributed by atoms with Gasteiger partial charge in [-0.25, -0.2) is 13.6 Å². The number of amides is 1. The van der Waals surface area contributed by atoms with E-state index >= 15 is 0 Å². The molecule has 0 saturated heterocycles. The summed E-state index contributed by atoms with van der Waals surface area (Å²) in [6.45, 7) is 1.16. The van der Waals surface area contributed by atoms with E-state index in [1.54, 1.807) is 0 Å². The Labute approximate surface area is 163 Å². The molecule has 2 unspecified atom stereocenters. The predicted molar refractivity (Wildman–Crippen MR) is 93.5 cm³/mol. The molecule has 0 fully saturated rings. The first-order valence-corrected chi connectivity index (χ1v) is 8.56. The van der Waals surface area contributed by atoms with Gasteiger partial charge in [0.2, 0.25) is 0 Å². The van der Waals surface area contributed by atoms with Gasteiger partial charge in [0.15, 0.2) is 6.61 Å². The van der Waals surface area contributed by atoms with Crippen LogP contribution in [0.2, 0.25) is 0 Å². The van der Waals surface area contributed by atoms with Crippen LogP contribution in [0, 0.1) is 11.6 Å². The van der Waals surface area contributed by atoms with Gasteiger partial charge in [-0.05, 0) is 49.2 Å². The van der Waals surface area contributed by atoms with E-state index in [1.165, 1.54) is 38.1 Å². The molecule has 2 rings (SSSR count). The highest BCUT2D eigenvalue weighted by Gasteiger charge is 2.36. The standard InChI is InChI=1S/C20H18F5NO3/c1-12(14-3-7-16(21)8-4-14)26(13(2)15-5-9-17(22)10-6-15)18(27)19(28)29-11-20(23,24)25/h3-10,12-13H,11H2,1-2H3. The van der Waals surface area contributed by atoms with Crippen molar-refractivity contribution in [1.82, 2.24) is 4.90 Å². The molecule has 0 aliphatic heterocycles. The van der Waals surface area contributed by atoms with E-state index in [0.29, 0.717) is 11.1 Å². The molecular weight excluding hydrogens is 397 g/mol. The van der Waals surface area contributed by atoms with Crippen LogP contribution >= 0.6 is 0 Å². The number of nitrogens with zero attached hydrogens (tertiary/aromatic N) is 1. The van der Waals surface area contributed by atoms with Crippen LogP contribution in [0.1, 0.15) is 37.1 Å². The van der Waals surface area contributed by atoms with Crippen molar-refractivity contribution in [2.75, 3.05) is 6.61 Å². The zero-order chi connectivity index (χ0) is 21.8. The SMILES string of the molecule is CC(c1ccc(F)cc1)N(C(=O)C(=O)OCC(F)(F)F)C(C)c1ccc(F)cc1. The second-order valence-corrected chi connectivity index (χ2v) is 6.36. The second-order valence-electron chi connectivity index (χ2n) is 6.36. The van der Waals surface area contributed by atoms with Gasteiger partial charge in [-0.2, -0.15) is 13.2 Å². The normalized spacial score (nSPS) is 13.5. The molecule has 0 aliphatic rings. The largest absolute Gasteiger partial charge is 0.449 e. The van der Waals surface area contributed by atoms with Crippen LogP contribution in [0.15, 0.2) is 48.5 Å². The van der Waals surface area contributed by atoms with Crippen LogP contribution in [0.5, 0.6) is 0 Å². The number of rotatable bonds is 5. The maximum Gasteiger partial charge on any atom is 0.422 e. The molecule has 0 heterocycles. The number of carbonyl (C=O) groups is 2. The van der Waals surface area contributed by atoms with Crippen molar-refractivity contribution in [2.45, 2.75) is 32.1 Å². The summed E-state index contributed by atoms with van der Waals surface area (Å²) in [4.78, 5) is 25.6. The third-order valence-electron chi connectivity index (χ3n) is 4.32. The predicted octanol–water partition coefficient (Wildman–Crippen LogP) is 4.72. The third kappa shape index (κ3) is 6.00. The van der Waals surface area contributed by atoms with E-state index in [9.17, 15) is 31.5 Å². The first-order valence-electron chi connectivity index (χ1n) is 8.56. The average Bonchev–Trinajstić information content (AvgIpc) is 2.66. The van der Waals surface area contributed by atoms with E-state index in [2.05, 4.69) is 4.74 Å². The molecule has 0 radical (unpaired) electrons. The summed E-state index contributed by atoms with van der Waals surface area (Å²) in [6, 6.07) is 8.52. The van der Waals surface area contributed by atoms with Gasteiger partial charge in [0, 0.05) is 0 Å². The van der Waals surface area contributed by atoms with E-state index < -0.39 is 48.4 Å². The first kappa shape index (κ1) is 22.3. The third-order valence-corrected chi connectivity index (χ3v) is 4.32. The maximum atomic E-state index is 13.2. The number of ether oxygens (including phenoxy) is 1. The summed E-state index contributed by atoms with van der Waals surface area (Å²) < 4.78 is 67.5. The van der Waals surface area contributed by atoms with Crippen LogP contribution in [-0.4, -0.2) is 29.6 Å². The lowest BCUT2D eigenvalue weighted by molar-refractivity contribution is -0.190. The number of esters is 1. The van der Waals surface area contributed by atoms with Crippen molar-refractivity contribution in [1.29, 1.82) is 0 Å². The summed E-state index contributed by atoms with van der Waals surface area (Å²) in [5, 5.41) is 0. The number of halogens is 5. The molecule has 0 aliphatic carbocycles. The van der Waals surface area contributed by atoms with E-state index in [0.717, 1.165) is 29.2 Å². The lowest BCUT2D eigenvalue weighted by Gasteiger charge is -2.34. The molecule has 2 atom stereocenters. The molecule has 2 aromatic rings. The minimum atomic E-state index is -4.79. The van der Waals surface area contributed by atoms with E-state index in [1.807, 2.05) is 0 Å². The maximum absolute atomic E-state index is 13.2. The van der Waals surface area contributed by atoms with Gasteiger partial charge in [-0.15, -0.1) is 0 Å². The van der Waals surface area contributed by atoms with Crippen LogP contribution in [-0.2, 0) is 14.3 Å². The summed E-state index contributed by atoms with van der Waals surface area (Å²) in [7, 11) is 0. The van der Waals surface area contributed by atoms with Crippen molar-refractivity contribution >= 4 is 11.9 Å². The first-order chi connectivity index (χ1) is 13.5. The molecule has 9 heteroatoms. The minimum absolute atomic E-state index is 0.442. The number of hydrogen-bond donors (Lipinski definition) is 0. The fourth-order valence-corrected chi connectivity index (χ4v) is 2.81. The molecule has 29 heavy (non-hydrogen) atoms. The molecule has 2 aromatic carbocycles. The van der Waals surface area contributed by atoms with Gasteiger partial charge in [0.1, 0.15) is 11.6 Å². The fourth-order valence-electron chi connectivity index (χ4n) is 2.81. The average molecular weight is 415 g/mol. The van der Waals surface area contributed by atoms with Crippen LogP contribution in [0.4, 0.5) is 22.0 Å². The Bertz CT molecular complexity index is 798. The van der Waals surface area contributed by atoms with Gasteiger partial charge in [0.05, 0.1) is 12.1 Å². The molecular formula is C20H18F5NO3. The van der Waals surface area contributed by atoms with Crippen LogP contribution < -0.4 is 0 Å². The van der Waals surface area contributed by atoms with Gasteiger partial charge in [-0.3, -0.25) is 4.79 Å². The fraction of sp³-hybridized carbons (Fsp3) is 0.300. The zero-order valence-corrected chi connectivity index (χ0v) is 15.5. The minimum Gasteiger partial charge on any atom is -0.449 e. The lowest BCUT2D eigenvalue weighted by Crippen LogP contribution is -2.42. The van der Waals surface area contributed by atoms with Gasteiger partial charge >= 0.3 is 18.1 Å². The Morgan fingerprint density at radius 3 is 1.59 bits per heavy atom. The number of hydrogen-bond acceptors (Lipinski definition) is 3. The smallest absolute Gasteiger partial charge is 0.422 e. The zero-order valence-electron chi connectivity index (χ0n) is 15.5. The number of benzene rings is 2. The van der Waals surface area contributed by atoms with Crippen molar-refractivity contribution in [3.63, 3.8) is 0 Å². The van der Waals surface area contributed by atoms with Gasteiger partial charge in [0.25, 0.3) is 0 Å². The Morgan fingerprint density at radius 2 is 1.24 bits per heavy atom. The Balaban J connectivity index is 2.35. The number of alkyl halides is 3. The molecule has 0 spiro atoms. The van der Waals surface area contributed by atoms with E-state index in [-0.39, 0.29) is 0 Å². The summed E-state index contributed by atoms with van der Waals surface area (Å²) in [6.07, 6.45) is -4.79. The Hall–Kier alpha value is -2.97. The van der Waals surface area contributed by atoms with Crippen LogP contribution in [0.3, 0.4) is 0 Å². The molecule has 0 N–H and O–H groups in total. The highest BCUT2D eigenvalue weighted by Crippen LogP contribution is 2.31. The summed E-state index contributed by atoms with van der Waals surface area (Å²) >= 11 is 0. The van der Waals surface area contributed by atoms with E-state index in [4.69, 9.17) is 0 Å². The highest BCUT2D eigenvalue weighted by atomic mass is 19.4. The van der Waals surface area contributed by atoms with Crippen LogP contribution in [0.25, 0.3) is 0 Å². The Kier molecular flexibility index (Phi) is 6.94. The quantitative estimate of drug-likeness (QED) is 0.403.